The summed E-state index contributed by atoms with van der Waals surface area (Å²) >= 11 is 1.55. The third-order valence-electron chi connectivity index (χ3n) is 1.70. The highest BCUT2D eigenvalue weighted by Gasteiger charge is 2.01. The van der Waals surface area contributed by atoms with Crippen molar-refractivity contribution < 1.29 is 4.79 Å². The lowest BCUT2D eigenvalue weighted by molar-refractivity contribution is -0.121. The smallest absolute Gasteiger partial charge is 0.221 e. The molecule has 1 aromatic heterocycles. The van der Waals surface area contributed by atoms with Crippen molar-refractivity contribution in [1.82, 2.24) is 15.6 Å². The number of nitrogens with zero attached hydrogens (tertiary/aromatic N) is 1. The van der Waals surface area contributed by atoms with Crippen LogP contribution in [-0.2, 0) is 11.3 Å². The number of hydrogen-bond acceptors (Lipinski definition) is 4. The Morgan fingerprint density at radius 3 is 3.14 bits per heavy atom. The van der Waals surface area contributed by atoms with Crippen LogP contribution in [0.5, 0.6) is 0 Å². The van der Waals surface area contributed by atoms with E-state index >= 15 is 0 Å². The van der Waals surface area contributed by atoms with Gasteiger partial charge in [-0.2, -0.15) is 0 Å². The van der Waals surface area contributed by atoms with Crippen LogP contribution in [0, 0.1) is 0 Å². The molecule has 0 aliphatic heterocycles. The molecule has 0 aromatic carbocycles. The standard InChI is InChI=1S/C9H15N3OS/c1-2-10-4-3-8(13)12-7-9-11-5-6-14-9/h5-6,10H,2-4,7H2,1H3,(H,12,13). The van der Waals surface area contributed by atoms with Crippen molar-refractivity contribution in [3.63, 3.8) is 0 Å². The molecule has 14 heavy (non-hydrogen) atoms. The van der Waals surface area contributed by atoms with Crippen molar-refractivity contribution >= 4 is 17.2 Å². The van der Waals surface area contributed by atoms with Gasteiger partial charge in [-0.1, -0.05) is 6.92 Å². The highest BCUT2D eigenvalue weighted by molar-refractivity contribution is 7.09. The first-order chi connectivity index (χ1) is 6.83. The Labute approximate surface area is 87.7 Å². The van der Waals surface area contributed by atoms with Gasteiger partial charge in [0.25, 0.3) is 0 Å². The molecule has 0 bridgehead atoms. The Hall–Kier alpha value is -0.940. The largest absolute Gasteiger partial charge is 0.350 e. The van der Waals surface area contributed by atoms with Gasteiger partial charge < -0.3 is 10.6 Å². The minimum atomic E-state index is 0.0705. The molecular formula is C9H15N3OS. The maximum Gasteiger partial charge on any atom is 0.221 e. The van der Waals surface area contributed by atoms with E-state index in [0.717, 1.165) is 18.1 Å². The van der Waals surface area contributed by atoms with Gasteiger partial charge in [0.05, 0.1) is 6.54 Å². The number of amides is 1. The van der Waals surface area contributed by atoms with E-state index in [9.17, 15) is 4.79 Å². The number of nitrogens with one attached hydrogen (secondary N) is 2. The van der Waals surface area contributed by atoms with Crippen molar-refractivity contribution in [2.75, 3.05) is 13.1 Å². The fourth-order valence-electron chi connectivity index (χ4n) is 0.982. The van der Waals surface area contributed by atoms with Gasteiger partial charge in [0.2, 0.25) is 5.91 Å². The Kier molecular flexibility index (Phi) is 5.17. The molecule has 0 unspecified atom stereocenters. The Morgan fingerprint density at radius 1 is 1.64 bits per heavy atom. The van der Waals surface area contributed by atoms with Crippen LogP contribution in [0.25, 0.3) is 0 Å². The summed E-state index contributed by atoms with van der Waals surface area (Å²) in [5.74, 6) is 0.0705. The van der Waals surface area contributed by atoms with E-state index in [1.54, 1.807) is 17.5 Å². The summed E-state index contributed by atoms with van der Waals surface area (Å²) in [5.41, 5.74) is 0. The molecule has 5 heteroatoms. The van der Waals surface area contributed by atoms with Gasteiger partial charge in [-0.25, -0.2) is 4.98 Å². The number of rotatable bonds is 6. The van der Waals surface area contributed by atoms with Crippen LogP contribution in [0.1, 0.15) is 18.4 Å². The van der Waals surface area contributed by atoms with Crippen LogP contribution in [0.3, 0.4) is 0 Å². The van der Waals surface area contributed by atoms with Crippen LogP contribution in [0.2, 0.25) is 0 Å². The zero-order valence-electron chi connectivity index (χ0n) is 8.25. The summed E-state index contributed by atoms with van der Waals surface area (Å²) in [5, 5.41) is 8.76. The molecule has 78 valence electrons. The second kappa shape index (κ2) is 6.50. The minimum Gasteiger partial charge on any atom is -0.350 e. The highest BCUT2D eigenvalue weighted by Crippen LogP contribution is 2.02. The molecule has 1 rings (SSSR count). The van der Waals surface area contributed by atoms with E-state index in [0.29, 0.717) is 13.0 Å². The number of carbonyl (C=O) groups is 1. The first kappa shape index (κ1) is 11.1. The number of carbonyl (C=O) groups excluding carboxylic acids is 1. The van der Waals surface area contributed by atoms with Crippen molar-refractivity contribution in [2.24, 2.45) is 0 Å². The molecule has 0 fully saturated rings. The maximum absolute atomic E-state index is 11.2. The quantitative estimate of drug-likeness (QED) is 0.686. The number of aromatic nitrogens is 1. The minimum absolute atomic E-state index is 0.0705. The summed E-state index contributed by atoms with van der Waals surface area (Å²) in [4.78, 5) is 15.3. The van der Waals surface area contributed by atoms with Gasteiger partial charge in [-0.3, -0.25) is 4.79 Å². The van der Waals surface area contributed by atoms with Gasteiger partial charge in [-0.15, -0.1) is 11.3 Å². The normalized spacial score (nSPS) is 10.1. The van der Waals surface area contributed by atoms with Crippen LogP contribution >= 0.6 is 11.3 Å². The third-order valence-corrected chi connectivity index (χ3v) is 2.48. The molecule has 1 aromatic rings. The molecule has 0 aliphatic carbocycles. The Balaban J connectivity index is 2.09. The fourth-order valence-corrected chi connectivity index (χ4v) is 1.54. The van der Waals surface area contributed by atoms with Gasteiger partial charge in [0.1, 0.15) is 5.01 Å². The molecule has 2 N–H and O–H groups in total. The fraction of sp³-hybridized carbons (Fsp3) is 0.556. The second-order valence-corrected chi connectivity index (χ2v) is 3.79. The summed E-state index contributed by atoms with van der Waals surface area (Å²) in [7, 11) is 0. The monoisotopic (exact) mass is 213 g/mol. The van der Waals surface area contributed by atoms with Crippen molar-refractivity contribution in [1.29, 1.82) is 0 Å². The Morgan fingerprint density at radius 2 is 2.50 bits per heavy atom. The van der Waals surface area contributed by atoms with Crippen molar-refractivity contribution in [3.8, 4) is 0 Å². The maximum atomic E-state index is 11.2. The van der Waals surface area contributed by atoms with Gasteiger partial charge in [0.15, 0.2) is 0 Å². The van der Waals surface area contributed by atoms with E-state index in [1.165, 1.54) is 0 Å². The average Bonchev–Trinajstić information content (AvgIpc) is 2.68. The lowest BCUT2D eigenvalue weighted by Crippen LogP contribution is -2.27. The first-order valence-electron chi connectivity index (χ1n) is 4.68. The summed E-state index contributed by atoms with van der Waals surface area (Å²) in [6, 6.07) is 0. The summed E-state index contributed by atoms with van der Waals surface area (Å²) < 4.78 is 0. The van der Waals surface area contributed by atoms with Crippen LogP contribution in [-0.4, -0.2) is 24.0 Å². The molecule has 4 nitrogen and oxygen atoms in total. The van der Waals surface area contributed by atoms with Crippen molar-refractivity contribution in [3.05, 3.63) is 16.6 Å². The first-order valence-corrected chi connectivity index (χ1v) is 5.56. The highest BCUT2D eigenvalue weighted by atomic mass is 32.1. The van der Waals surface area contributed by atoms with E-state index < -0.39 is 0 Å². The average molecular weight is 213 g/mol. The van der Waals surface area contributed by atoms with Gasteiger partial charge in [-0.05, 0) is 6.54 Å². The van der Waals surface area contributed by atoms with Gasteiger partial charge >= 0.3 is 0 Å². The van der Waals surface area contributed by atoms with Crippen LogP contribution in [0.15, 0.2) is 11.6 Å². The zero-order valence-corrected chi connectivity index (χ0v) is 9.06. The lowest BCUT2D eigenvalue weighted by atomic mass is 10.4. The second-order valence-electron chi connectivity index (χ2n) is 2.81. The van der Waals surface area contributed by atoms with E-state index in [4.69, 9.17) is 0 Å². The summed E-state index contributed by atoms with van der Waals surface area (Å²) in [6.45, 7) is 4.20. The Bertz CT molecular complexity index is 261. The van der Waals surface area contributed by atoms with E-state index in [-0.39, 0.29) is 5.91 Å². The molecule has 0 aliphatic rings. The van der Waals surface area contributed by atoms with Crippen LogP contribution < -0.4 is 10.6 Å². The molecule has 0 saturated heterocycles. The molecule has 1 amide bonds. The van der Waals surface area contributed by atoms with E-state index in [1.807, 2.05) is 12.3 Å². The topological polar surface area (TPSA) is 54.0 Å². The summed E-state index contributed by atoms with van der Waals surface area (Å²) in [6.07, 6.45) is 2.27. The predicted molar refractivity (Wildman–Crippen MR) is 57.1 cm³/mol. The molecule has 0 atom stereocenters. The number of hydrogen-bond donors (Lipinski definition) is 2. The molecule has 1 heterocycles. The number of thiazole rings is 1. The molecule has 0 spiro atoms. The van der Waals surface area contributed by atoms with Crippen LogP contribution in [0.4, 0.5) is 0 Å². The van der Waals surface area contributed by atoms with E-state index in [2.05, 4.69) is 15.6 Å². The predicted octanol–water partition coefficient (Wildman–Crippen LogP) is 0.759. The lowest BCUT2D eigenvalue weighted by Gasteiger charge is -2.03. The molecule has 0 saturated carbocycles. The molecular weight excluding hydrogens is 198 g/mol. The SMILES string of the molecule is CCNCCC(=O)NCc1nccs1. The third kappa shape index (κ3) is 4.34. The van der Waals surface area contributed by atoms with Gasteiger partial charge in [0, 0.05) is 24.5 Å². The van der Waals surface area contributed by atoms with Crippen molar-refractivity contribution in [2.45, 2.75) is 19.9 Å². The zero-order chi connectivity index (χ0) is 10.2. The molecule has 0 radical (unpaired) electrons.